The quantitative estimate of drug-likeness (QED) is 0.697. The third-order valence-corrected chi connectivity index (χ3v) is 2.92. The van der Waals surface area contributed by atoms with Crippen LogP contribution in [0.4, 0.5) is 0 Å². The second-order valence-electron chi connectivity index (χ2n) is 2.81. The van der Waals surface area contributed by atoms with Crippen molar-refractivity contribution >= 4 is 17.5 Å². The summed E-state index contributed by atoms with van der Waals surface area (Å²) >= 11 is 1.87. The van der Waals surface area contributed by atoms with Crippen LogP contribution in [0.5, 0.6) is 0 Å². The van der Waals surface area contributed by atoms with Crippen molar-refractivity contribution in [3.05, 3.63) is 24.8 Å². The summed E-state index contributed by atoms with van der Waals surface area (Å²) in [6.07, 6.45) is 7.65. The molecule has 1 aliphatic heterocycles. The fraction of sp³-hybridized carbons (Fsp3) is 0.375. The molecule has 0 saturated heterocycles. The topological polar surface area (TPSA) is 43.8 Å². The summed E-state index contributed by atoms with van der Waals surface area (Å²) in [6.45, 7) is 0. The van der Waals surface area contributed by atoms with E-state index in [2.05, 4.69) is 11.1 Å². The van der Waals surface area contributed by atoms with E-state index in [-0.39, 0.29) is 6.04 Å². The predicted octanol–water partition coefficient (Wildman–Crippen LogP) is 0.798. The van der Waals surface area contributed by atoms with Crippen molar-refractivity contribution in [3.63, 3.8) is 0 Å². The predicted molar refractivity (Wildman–Crippen MR) is 51.8 cm³/mol. The van der Waals surface area contributed by atoms with Crippen LogP contribution in [-0.4, -0.2) is 27.1 Å². The van der Waals surface area contributed by atoms with Crippen molar-refractivity contribution < 1.29 is 0 Å². The lowest BCUT2D eigenvalue weighted by Crippen LogP contribution is -2.24. The molecule has 2 N–H and O–H groups in total. The van der Waals surface area contributed by atoms with Crippen molar-refractivity contribution in [2.75, 3.05) is 11.5 Å². The number of thioether (sulfide) groups is 1. The van der Waals surface area contributed by atoms with Crippen molar-refractivity contribution in [2.24, 2.45) is 5.73 Å². The van der Waals surface area contributed by atoms with Crippen molar-refractivity contribution in [3.8, 4) is 0 Å². The Balaban J connectivity index is 2.23. The monoisotopic (exact) mass is 181 g/mol. The summed E-state index contributed by atoms with van der Waals surface area (Å²) < 4.78 is 2.02. The van der Waals surface area contributed by atoms with E-state index in [1.54, 1.807) is 6.20 Å². The molecule has 1 unspecified atom stereocenters. The molecule has 1 aromatic rings. The van der Waals surface area contributed by atoms with Gasteiger partial charge >= 0.3 is 0 Å². The number of hydrogen-bond acceptors (Lipinski definition) is 3. The highest BCUT2D eigenvalue weighted by molar-refractivity contribution is 7.99. The zero-order valence-electron chi connectivity index (χ0n) is 6.68. The van der Waals surface area contributed by atoms with Gasteiger partial charge in [0, 0.05) is 35.6 Å². The summed E-state index contributed by atoms with van der Waals surface area (Å²) in [6, 6.07) is 0.196. The number of aromatic nitrogens is 2. The number of nitrogens with zero attached hydrogens (tertiary/aromatic N) is 2. The van der Waals surface area contributed by atoms with Gasteiger partial charge in [-0.25, -0.2) is 4.98 Å². The first-order valence-electron chi connectivity index (χ1n) is 3.88. The van der Waals surface area contributed by atoms with Crippen LogP contribution >= 0.6 is 11.8 Å². The number of rotatable bonds is 1. The lowest BCUT2D eigenvalue weighted by Gasteiger charge is -2.17. The molecule has 0 radical (unpaired) electrons. The van der Waals surface area contributed by atoms with Gasteiger partial charge in [0.25, 0.3) is 0 Å². The lowest BCUT2D eigenvalue weighted by atomic mass is 10.3. The second kappa shape index (κ2) is 3.33. The Morgan fingerprint density at radius 1 is 1.67 bits per heavy atom. The molecule has 0 spiro atoms. The summed E-state index contributed by atoms with van der Waals surface area (Å²) in [5.41, 5.74) is 7.05. The van der Waals surface area contributed by atoms with Crippen LogP contribution in [0.15, 0.2) is 24.8 Å². The minimum atomic E-state index is 0.196. The molecular formula is C8H11N3S. The van der Waals surface area contributed by atoms with E-state index in [0.717, 1.165) is 11.5 Å². The van der Waals surface area contributed by atoms with Crippen molar-refractivity contribution in [1.82, 2.24) is 9.55 Å². The molecule has 2 rings (SSSR count). The molecule has 0 fully saturated rings. The van der Waals surface area contributed by atoms with Crippen molar-refractivity contribution in [2.45, 2.75) is 6.04 Å². The first-order valence-corrected chi connectivity index (χ1v) is 5.04. The highest BCUT2D eigenvalue weighted by Gasteiger charge is 2.10. The Morgan fingerprint density at radius 3 is 3.25 bits per heavy atom. The Morgan fingerprint density at radius 2 is 2.58 bits per heavy atom. The molecule has 3 nitrogen and oxygen atoms in total. The maximum atomic E-state index is 5.80. The molecule has 4 heteroatoms. The normalized spacial score (nSPS) is 23.8. The highest BCUT2D eigenvalue weighted by Crippen LogP contribution is 2.19. The molecule has 0 amide bonds. The summed E-state index contributed by atoms with van der Waals surface area (Å²) in [5.74, 6) is 2.06. The molecule has 0 bridgehead atoms. The van der Waals surface area contributed by atoms with Crippen molar-refractivity contribution in [1.29, 1.82) is 0 Å². The summed E-state index contributed by atoms with van der Waals surface area (Å²) in [4.78, 5) is 3.99. The van der Waals surface area contributed by atoms with Crippen LogP contribution in [0.25, 0.3) is 5.70 Å². The molecule has 0 saturated carbocycles. The molecular weight excluding hydrogens is 170 g/mol. The smallest absolute Gasteiger partial charge is 0.0989 e. The van der Waals surface area contributed by atoms with Crippen LogP contribution in [0.3, 0.4) is 0 Å². The van der Waals surface area contributed by atoms with Gasteiger partial charge in [0.05, 0.1) is 6.33 Å². The van der Waals surface area contributed by atoms with E-state index < -0.39 is 0 Å². The van der Waals surface area contributed by atoms with Gasteiger partial charge in [-0.05, 0) is 6.08 Å². The van der Waals surface area contributed by atoms with E-state index in [4.69, 9.17) is 5.73 Å². The highest BCUT2D eigenvalue weighted by atomic mass is 32.2. The molecule has 64 valence electrons. The molecule has 1 atom stereocenters. The number of imidazole rings is 1. The molecule has 1 aromatic heterocycles. The average Bonchev–Trinajstić information content (AvgIpc) is 2.56. The van der Waals surface area contributed by atoms with Gasteiger partial charge in [-0.15, -0.1) is 0 Å². The lowest BCUT2D eigenvalue weighted by molar-refractivity contribution is 0.914. The van der Waals surface area contributed by atoms with Gasteiger partial charge in [0.1, 0.15) is 0 Å². The van der Waals surface area contributed by atoms with Crippen LogP contribution < -0.4 is 5.73 Å². The molecule has 2 heterocycles. The third-order valence-electron chi connectivity index (χ3n) is 1.80. The zero-order valence-corrected chi connectivity index (χ0v) is 7.50. The SMILES string of the molecule is NC1C=C(n2ccnc2)CSC1. The van der Waals surface area contributed by atoms with Gasteiger partial charge in [0.15, 0.2) is 0 Å². The Kier molecular flexibility index (Phi) is 2.19. The second-order valence-corrected chi connectivity index (χ2v) is 3.84. The number of hydrogen-bond donors (Lipinski definition) is 1. The minimum Gasteiger partial charge on any atom is -0.324 e. The van der Waals surface area contributed by atoms with Crippen LogP contribution in [0, 0.1) is 0 Å². The molecule has 1 aliphatic rings. The van der Waals surface area contributed by atoms with E-state index in [1.807, 2.05) is 28.9 Å². The maximum absolute atomic E-state index is 5.80. The van der Waals surface area contributed by atoms with Gasteiger partial charge in [0.2, 0.25) is 0 Å². The van der Waals surface area contributed by atoms with E-state index in [0.29, 0.717) is 0 Å². The van der Waals surface area contributed by atoms with E-state index in [9.17, 15) is 0 Å². The fourth-order valence-corrected chi connectivity index (χ4v) is 2.17. The molecule has 0 aromatic carbocycles. The van der Waals surface area contributed by atoms with Gasteiger partial charge in [-0.1, -0.05) is 0 Å². The summed E-state index contributed by atoms with van der Waals surface area (Å²) in [7, 11) is 0. The van der Waals surface area contributed by atoms with Gasteiger partial charge in [-0.3, -0.25) is 0 Å². The first kappa shape index (κ1) is 7.89. The van der Waals surface area contributed by atoms with E-state index >= 15 is 0 Å². The Bertz CT molecular complexity index is 279. The standard InChI is InChI=1S/C8H11N3S/c9-7-3-8(5-12-4-7)11-2-1-10-6-11/h1-3,6-7H,4-5,9H2. The van der Waals surface area contributed by atoms with Crippen LogP contribution in [0.2, 0.25) is 0 Å². The average molecular weight is 181 g/mol. The zero-order chi connectivity index (χ0) is 8.39. The minimum absolute atomic E-state index is 0.196. The van der Waals surface area contributed by atoms with Crippen LogP contribution in [0.1, 0.15) is 0 Å². The molecule has 0 aliphatic carbocycles. The first-order chi connectivity index (χ1) is 5.86. The van der Waals surface area contributed by atoms with Gasteiger partial charge < -0.3 is 10.3 Å². The fourth-order valence-electron chi connectivity index (χ4n) is 1.23. The largest absolute Gasteiger partial charge is 0.324 e. The Hall–Kier alpha value is -0.740. The van der Waals surface area contributed by atoms with Gasteiger partial charge in [-0.2, -0.15) is 11.8 Å². The summed E-state index contributed by atoms with van der Waals surface area (Å²) in [5, 5.41) is 0. The number of nitrogens with two attached hydrogens (primary N) is 1. The third kappa shape index (κ3) is 1.54. The van der Waals surface area contributed by atoms with Crippen LogP contribution in [-0.2, 0) is 0 Å². The van der Waals surface area contributed by atoms with E-state index in [1.165, 1.54) is 5.70 Å². The maximum Gasteiger partial charge on any atom is 0.0989 e. The Labute approximate surface area is 75.7 Å². The molecule has 12 heavy (non-hydrogen) atoms.